The van der Waals surface area contributed by atoms with E-state index in [2.05, 4.69) is 10.4 Å². The zero-order chi connectivity index (χ0) is 19.3. The van der Waals surface area contributed by atoms with Crippen LogP contribution in [0.25, 0.3) is 0 Å². The predicted molar refractivity (Wildman–Crippen MR) is 84.2 cm³/mol. The van der Waals surface area contributed by atoms with Gasteiger partial charge in [0, 0.05) is 19.0 Å². The van der Waals surface area contributed by atoms with E-state index in [1.807, 2.05) is 0 Å². The van der Waals surface area contributed by atoms with Crippen molar-refractivity contribution in [3.05, 3.63) is 46.7 Å². The highest BCUT2D eigenvalue weighted by Gasteiger charge is 2.62. The molecule has 0 saturated heterocycles. The van der Waals surface area contributed by atoms with Crippen molar-refractivity contribution in [2.24, 2.45) is 0 Å². The summed E-state index contributed by atoms with van der Waals surface area (Å²) in [4.78, 5) is 12.7. The van der Waals surface area contributed by atoms with E-state index in [0.717, 1.165) is 16.8 Å². The average Bonchev–Trinajstić information content (AvgIpc) is 2.92. The molecule has 1 saturated carbocycles. The minimum absolute atomic E-state index is 0.0943. The van der Waals surface area contributed by atoms with Gasteiger partial charge in [-0.2, -0.15) is 18.3 Å². The monoisotopic (exact) mass is 393 g/mol. The molecule has 2 aromatic rings. The van der Waals surface area contributed by atoms with Gasteiger partial charge in [-0.25, -0.2) is 8.78 Å². The molecule has 0 bridgehead atoms. The van der Waals surface area contributed by atoms with E-state index >= 15 is 0 Å². The van der Waals surface area contributed by atoms with Gasteiger partial charge in [0.2, 0.25) is 0 Å². The van der Waals surface area contributed by atoms with Gasteiger partial charge < -0.3 is 5.32 Å². The summed E-state index contributed by atoms with van der Waals surface area (Å²) in [7, 11) is 0. The Morgan fingerprint density at radius 3 is 2.42 bits per heavy atom. The molecule has 10 heteroatoms. The number of benzene rings is 1. The van der Waals surface area contributed by atoms with Gasteiger partial charge in [0.1, 0.15) is 0 Å². The van der Waals surface area contributed by atoms with Gasteiger partial charge in [0.05, 0.1) is 22.5 Å². The molecule has 4 nitrogen and oxygen atoms in total. The van der Waals surface area contributed by atoms with Crippen LogP contribution in [0, 0.1) is 6.92 Å². The van der Waals surface area contributed by atoms with Crippen LogP contribution in [0.3, 0.4) is 0 Å². The third-order valence-corrected chi connectivity index (χ3v) is 4.53. The quantitative estimate of drug-likeness (QED) is 0.773. The molecule has 0 spiro atoms. The van der Waals surface area contributed by atoms with E-state index in [-0.39, 0.29) is 10.7 Å². The summed E-state index contributed by atoms with van der Waals surface area (Å²) in [6, 6.07) is 2.40. The number of hydrogen-bond acceptors (Lipinski definition) is 2. The first-order valence-electron chi connectivity index (χ1n) is 7.51. The minimum Gasteiger partial charge on any atom is -0.323 e. The maximum atomic E-state index is 13.5. The minimum atomic E-state index is -4.59. The Bertz CT molecular complexity index is 854. The van der Waals surface area contributed by atoms with E-state index < -0.39 is 42.0 Å². The number of hydrogen-bond donors (Lipinski definition) is 1. The van der Waals surface area contributed by atoms with Crippen LogP contribution >= 0.6 is 11.6 Å². The van der Waals surface area contributed by atoms with Gasteiger partial charge in [-0.1, -0.05) is 11.6 Å². The predicted octanol–water partition coefficient (Wildman–Crippen LogP) is 4.63. The Morgan fingerprint density at radius 1 is 1.31 bits per heavy atom. The van der Waals surface area contributed by atoms with E-state index in [1.54, 1.807) is 6.92 Å². The largest absolute Gasteiger partial charge is 0.416 e. The van der Waals surface area contributed by atoms with Crippen molar-refractivity contribution < 1.29 is 26.7 Å². The fraction of sp³-hybridized carbons (Fsp3) is 0.375. The molecule has 1 N–H and O–H groups in total. The number of amides is 1. The lowest BCUT2D eigenvalue weighted by Gasteiger charge is -2.45. The molecular weight excluding hydrogens is 381 g/mol. The third-order valence-electron chi connectivity index (χ3n) is 4.22. The number of halogens is 6. The highest BCUT2D eigenvalue weighted by molar-refractivity contribution is 6.33. The molecule has 1 aliphatic rings. The Labute approximate surface area is 149 Å². The van der Waals surface area contributed by atoms with Gasteiger partial charge >= 0.3 is 6.18 Å². The summed E-state index contributed by atoms with van der Waals surface area (Å²) in [5.41, 5.74) is -2.01. The molecule has 1 fully saturated rings. The van der Waals surface area contributed by atoms with Crippen molar-refractivity contribution in [3.8, 4) is 0 Å². The summed E-state index contributed by atoms with van der Waals surface area (Å²) in [6.45, 7) is 1.69. The smallest absolute Gasteiger partial charge is 0.323 e. The number of aryl methyl sites for hydroxylation is 1. The second-order valence-electron chi connectivity index (χ2n) is 6.35. The van der Waals surface area contributed by atoms with Gasteiger partial charge in [-0.15, -0.1) is 0 Å². The SMILES string of the molecule is Cc1cnn(C2(C(=O)Nc3ccc(C(F)(F)F)cc3Cl)CC(F)(F)C2)c1. The maximum Gasteiger partial charge on any atom is 0.416 e. The summed E-state index contributed by atoms with van der Waals surface area (Å²) in [6.07, 6.45) is -3.22. The fourth-order valence-electron chi connectivity index (χ4n) is 2.91. The number of carbonyl (C=O) groups excluding carboxylic acids is 1. The zero-order valence-electron chi connectivity index (χ0n) is 13.4. The highest BCUT2D eigenvalue weighted by atomic mass is 35.5. The molecule has 1 aromatic heterocycles. The van der Waals surface area contributed by atoms with Gasteiger partial charge in [-0.05, 0) is 30.7 Å². The molecule has 0 radical (unpaired) electrons. The van der Waals surface area contributed by atoms with Crippen LogP contribution < -0.4 is 5.32 Å². The van der Waals surface area contributed by atoms with Crippen molar-refractivity contribution >= 4 is 23.2 Å². The fourth-order valence-corrected chi connectivity index (χ4v) is 3.14. The van der Waals surface area contributed by atoms with E-state index in [0.29, 0.717) is 11.6 Å². The van der Waals surface area contributed by atoms with Crippen molar-refractivity contribution in [3.63, 3.8) is 0 Å². The molecule has 3 rings (SSSR count). The van der Waals surface area contributed by atoms with Crippen molar-refractivity contribution in [1.29, 1.82) is 0 Å². The Kier molecular flexibility index (Phi) is 4.25. The number of nitrogens with zero attached hydrogens (tertiary/aromatic N) is 2. The van der Waals surface area contributed by atoms with E-state index in [1.165, 1.54) is 12.4 Å². The molecule has 0 unspecified atom stereocenters. The lowest BCUT2D eigenvalue weighted by atomic mass is 9.72. The molecule has 1 heterocycles. The summed E-state index contributed by atoms with van der Waals surface area (Å²) in [5, 5.41) is 5.95. The molecule has 26 heavy (non-hydrogen) atoms. The topological polar surface area (TPSA) is 46.9 Å². The van der Waals surface area contributed by atoms with Crippen LogP contribution in [-0.2, 0) is 16.5 Å². The van der Waals surface area contributed by atoms with Crippen LogP contribution in [-0.4, -0.2) is 21.6 Å². The second kappa shape index (κ2) is 5.94. The maximum absolute atomic E-state index is 13.5. The summed E-state index contributed by atoms with van der Waals surface area (Å²) in [5.74, 6) is -3.84. The van der Waals surface area contributed by atoms with E-state index in [4.69, 9.17) is 11.6 Å². The van der Waals surface area contributed by atoms with Crippen LogP contribution in [0.2, 0.25) is 5.02 Å². The molecule has 1 aliphatic carbocycles. The standard InChI is InChI=1S/C16H13ClF5N3O/c1-9-5-23-25(6-9)14(7-15(18,19)8-14)13(26)24-12-3-2-10(4-11(12)17)16(20,21)22/h2-6H,7-8H2,1H3,(H,24,26). The highest BCUT2D eigenvalue weighted by Crippen LogP contribution is 2.51. The summed E-state index contributed by atoms with van der Waals surface area (Å²) < 4.78 is 66.2. The molecule has 1 amide bonds. The van der Waals surface area contributed by atoms with Crippen LogP contribution in [0.5, 0.6) is 0 Å². The first kappa shape index (κ1) is 18.6. The summed E-state index contributed by atoms with van der Waals surface area (Å²) >= 11 is 5.81. The van der Waals surface area contributed by atoms with Gasteiger partial charge in [-0.3, -0.25) is 9.48 Å². The second-order valence-corrected chi connectivity index (χ2v) is 6.76. The number of anilines is 1. The van der Waals surface area contributed by atoms with Crippen molar-refractivity contribution in [2.45, 2.75) is 37.4 Å². The molecule has 0 aliphatic heterocycles. The Hall–Kier alpha value is -2.16. The number of aromatic nitrogens is 2. The number of carbonyl (C=O) groups is 1. The average molecular weight is 394 g/mol. The number of nitrogens with one attached hydrogen (secondary N) is 1. The first-order chi connectivity index (χ1) is 11.9. The number of rotatable bonds is 3. The molecule has 0 atom stereocenters. The number of alkyl halides is 5. The zero-order valence-corrected chi connectivity index (χ0v) is 14.1. The molecule has 1 aromatic carbocycles. The van der Waals surface area contributed by atoms with Gasteiger partial charge in [0.25, 0.3) is 11.8 Å². The first-order valence-corrected chi connectivity index (χ1v) is 7.89. The Balaban J connectivity index is 1.88. The lowest BCUT2D eigenvalue weighted by molar-refractivity contribution is -0.171. The van der Waals surface area contributed by atoms with Crippen molar-refractivity contribution in [1.82, 2.24) is 9.78 Å². The molecular formula is C16H13ClF5N3O. The molecule has 140 valence electrons. The normalized spacial score (nSPS) is 18.3. The van der Waals surface area contributed by atoms with Gasteiger partial charge in [0.15, 0.2) is 5.54 Å². The van der Waals surface area contributed by atoms with Crippen LogP contribution in [0.15, 0.2) is 30.6 Å². The van der Waals surface area contributed by atoms with Crippen LogP contribution in [0.4, 0.5) is 27.6 Å². The van der Waals surface area contributed by atoms with Crippen LogP contribution in [0.1, 0.15) is 24.0 Å². The van der Waals surface area contributed by atoms with Crippen molar-refractivity contribution in [2.75, 3.05) is 5.32 Å². The third kappa shape index (κ3) is 3.27. The Morgan fingerprint density at radius 2 is 1.96 bits per heavy atom. The van der Waals surface area contributed by atoms with E-state index in [9.17, 15) is 26.7 Å². The lowest BCUT2D eigenvalue weighted by Crippen LogP contribution is -2.60.